The zero-order chi connectivity index (χ0) is 43.7. The van der Waals surface area contributed by atoms with Crippen LogP contribution >= 0.6 is 22.7 Å². The van der Waals surface area contributed by atoms with Crippen LogP contribution in [0.2, 0.25) is 0 Å². The zero-order valence-corrected chi connectivity index (χ0v) is 36.5. The summed E-state index contributed by atoms with van der Waals surface area (Å²) in [5.41, 5.74) is 9.81. The van der Waals surface area contributed by atoms with E-state index in [9.17, 15) is 14.4 Å². The average Bonchev–Trinajstić information content (AvgIpc) is 3.68. The van der Waals surface area contributed by atoms with Crippen molar-refractivity contribution in [2.75, 3.05) is 41.9 Å². The van der Waals surface area contributed by atoms with Gasteiger partial charge in [-0.2, -0.15) is 15.2 Å². The van der Waals surface area contributed by atoms with Crippen molar-refractivity contribution in [1.29, 1.82) is 0 Å². The second-order valence-electron chi connectivity index (χ2n) is 15.4. The van der Waals surface area contributed by atoms with Crippen molar-refractivity contribution in [2.45, 2.75) is 44.7 Å². The first-order valence-electron chi connectivity index (χ1n) is 21.3. The van der Waals surface area contributed by atoms with Crippen molar-refractivity contribution >= 4 is 78.8 Å². The van der Waals surface area contributed by atoms with E-state index >= 15 is 0 Å². The number of amides is 3. The summed E-state index contributed by atoms with van der Waals surface area (Å²) in [6.07, 6.45) is 10.2. The van der Waals surface area contributed by atoms with Gasteiger partial charge in [-0.15, -0.1) is 22.7 Å². The molecule has 3 amide bonds. The molecule has 9 rings (SSSR count). The number of fused-ring (bicyclic) bond motifs is 1. The zero-order valence-electron chi connectivity index (χ0n) is 34.9. The van der Waals surface area contributed by atoms with Crippen molar-refractivity contribution in [2.24, 2.45) is 10.2 Å². The van der Waals surface area contributed by atoms with Crippen LogP contribution in [0.25, 0.3) is 22.3 Å². The molecule has 2 aliphatic rings. The lowest BCUT2D eigenvalue weighted by Gasteiger charge is -2.09. The van der Waals surface area contributed by atoms with E-state index in [4.69, 9.17) is 4.98 Å². The fourth-order valence-electron chi connectivity index (χ4n) is 7.16. The number of benzene rings is 3. The third-order valence-corrected chi connectivity index (χ3v) is 12.3. The largest absolute Gasteiger partial charge is 0.384 e. The smallest absolute Gasteiger partial charge is 0.303 e. The van der Waals surface area contributed by atoms with E-state index in [-0.39, 0.29) is 17.5 Å². The molecule has 7 aromatic rings. The molecule has 0 bridgehead atoms. The first-order valence-corrected chi connectivity index (χ1v) is 23.1. The van der Waals surface area contributed by atoms with Crippen LogP contribution in [0.15, 0.2) is 131 Å². The molecule has 1 saturated carbocycles. The predicted molar refractivity (Wildman–Crippen MR) is 254 cm³/mol. The molecular formula is C47H46N12O3S2. The van der Waals surface area contributed by atoms with Gasteiger partial charge in [-0.05, 0) is 74.1 Å². The second-order valence-corrected chi connectivity index (χ2v) is 17.1. The Morgan fingerprint density at radius 2 is 1.62 bits per heavy atom. The number of anilines is 3. The number of aromatic nitrogens is 4. The van der Waals surface area contributed by atoms with Gasteiger partial charge in [0.2, 0.25) is 10.3 Å². The topological polar surface area (TPSA) is 183 Å². The molecular weight excluding hydrogens is 845 g/mol. The van der Waals surface area contributed by atoms with E-state index < -0.39 is 5.91 Å². The number of carbonyl (C=O) groups excluding carboxylic acids is 3. The maximum Gasteiger partial charge on any atom is 0.303 e. The Morgan fingerprint density at radius 3 is 2.42 bits per heavy atom. The molecule has 3 aromatic carbocycles. The van der Waals surface area contributed by atoms with Crippen molar-refractivity contribution in [3.8, 4) is 11.3 Å². The fraction of sp³-hybridized carbons (Fsp3) is 0.234. The van der Waals surface area contributed by atoms with Crippen LogP contribution in [0.1, 0.15) is 57.5 Å². The lowest BCUT2D eigenvalue weighted by molar-refractivity contribution is -0.112. The number of hydrogen-bond donors (Lipinski definition) is 5. The number of nitrogens with zero attached hydrogens (tertiary/aromatic N) is 7. The molecule has 0 atom stereocenters. The molecule has 15 nitrogen and oxygen atoms in total. The van der Waals surface area contributed by atoms with Gasteiger partial charge in [0.15, 0.2) is 5.71 Å². The van der Waals surface area contributed by atoms with Gasteiger partial charge in [0, 0.05) is 95.9 Å². The Bertz CT molecular complexity index is 2780. The van der Waals surface area contributed by atoms with Crippen molar-refractivity contribution in [3.63, 3.8) is 0 Å². The van der Waals surface area contributed by atoms with Crippen LogP contribution in [-0.4, -0.2) is 80.9 Å². The number of hydrazone groups is 2. The molecule has 1 aliphatic carbocycles. The summed E-state index contributed by atoms with van der Waals surface area (Å²) in [4.78, 5) is 53.1. The number of hydrogen-bond acceptors (Lipinski definition) is 13. The lowest BCUT2D eigenvalue weighted by Crippen LogP contribution is -2.28. The van der Waals surface area contributed by atoms with Gasteiger partial charge in [-0.1, -0.05) is 54.6 Å². The SMILES string of the molecule is O=C(NCCCCn1ccc2cc(C(=O)NCCc3ccc(NCCNC4CC4)cc3)cnc21)c1ccc(-c2csc(N3N=C(c4ccccc4)/C(=N\Nc4nccs4)C3=O)n2)cc1. The minimum Gasteiger partial charge on any atom is -0.384 e. The van der Waals surface area contributed by atoms with Gasteiger partial charge in [0.05, 0.1) is 11.3 Å². The number of nitrogens with one attached hydrogen (secondary N) is 5. The van der Waals surface area contributed by atoms with Gasteiger partial charge < -0.3 is 25.8 Å². The molecule has 17 heteroatoms. The van der Waals surface area contributed by atoms with Crippen LogP contribution in [0.5, 0.6) is 0 Å². The van der Waals surface area contributed by atoms with E-state index in [1.54, 1.807) is 24.5 Å². The Hall–Kier alpha value is -7.08. The summed E-state index contributed by atoms with van der Waals surface area (Å²) < 4.78 is 2.08. The van der Waals surface area contributed by atoms with Crippen LogP contribution in [0, 0.1) is 0 Å². The number of pyridine rings is 1. The van der Waals surface area contributed by atoms with Crippen LogP contribution in [0.3, 0.4) is 0 Å². The van der Waals surface area contributed by atoms with Gasteiger partial charge in [-0.3, -0.25) is 19.8 Å². The maximum absolute atomic E-state index is 13.6. The normalized spacial score (nSPS) is 14.2. The number of thiazole rings is 2. The Kier molecular flexibility index (Phi) is 13.2. The van der Waals surface area contributed by atoms with Crippen molar-refractivity contribution in [3.05, 3.63) is 143 Å². The minimum atomic E-state index is -0.408. The predicted octanol–water partition coefficient (Wildman–Crippen LogP) is 7.18. The van der Waals surface area contributed by atoms with Crippen molar-refractivity contribution in [1.82, 2.24) is 35.5 Å². The van der Waals surface area contributed by atoms with E-state index in [0.717, 1.165) is 72.8 Å². The highest BCUT2D eigenvalue weighted by Gasteiger charge is 2.36. The summed E-state index contributed by atoms with van der Waals surface area (Å²) in [6.45, 7) is 3.65. The van der Waals surface area contributed by atoms with Crippen molar-refractivity contribution < 1.29 is 14.4 Å². The van der Waals surface area contributed by atoms with E-state index in [2.05, 4.69) is 75.7 Å². The second kappa shape index (κ2) is 20.0. The van der Waals surface area contributed by atoms with Gasteiger partial charge >= 0.3 is 5.91 Å². The summed E-state index contributed by atoms with van der Waals surface area (Å²) in [7, 11) is 0. The molecule has 1 aliphatic heterocycles. The van der Waals surface area contributed by atoms with Crippen LogP contribution in [0.4, 0.5) is 16.0 Å². The molecule has 5 heterocycles. The third kappa shape index (κ3) is 10.4. The van der Waals surface area contributed by atoms with Gasteiger partial charge in [0.25, 0.3) is 11.8 Å². The minimum absolute atomic E-state index is 0.142. The summed E-state index contributed by atoms with van der Waals surface area (Å²) in [6, 6.07) is 29.6. The molecule has 0 unspecified atom stereocenters. The highest BCUT2D eigenvalue weighted by atomic mass is 32.1. The molecule has 5 N–H and O–H groups in total. The van der Waals surface area contributed by atoms with Gasteiger partial charge in [0.1, 0.15) is 11.4 Å². The highest BCUT2D eigenvalue weighted by Crippen LogP contribution is 2.31. The maximum atomic E-state index is 13.6. The first kappa shape index (κ1) is 42.2. The summed E-state index contributed by atoms with van der Waals surface area (Å²) in [5.74, 6) is -0.712. The molecule has 64 heavy (non-hydrogen) atoms. The molecule has 0 radical (unpaired) electrons. The van der Waals surface area contributed by atoms with Crippen LogP contribution < -0.4 is 31.7 Å². The summed E-state index contributed by atoms with van der Waals surface area (Å²) >= 11 is 2.66. The first-order chi connectivity index (χ1) is 31.4. The monoisotopic (exact) mass is 890 g/mol. The molecule has 4 aromatic heterocycles. The molecule has 324 valence electrons. The number of rotatable bonds is 20. The van der Waals surface area contributed by atoms with Gasteiger partial charge in [-0.25, -0.2) is 15.0 Å². The highest BCUT2D eigenvalue weighted by molar-refractivity contribution is 7.14. The molecule has 0 saturated heterocycles. The fourth-order valence-corrected chi connectivity index (χ4v) is 8.41. The molecule has 0 spiro atoms. The van der Waals surface area contributed by atoms with E-state index in [1.165, 1.54) is 46.1 Å². The number of carbonyl (C=O) groups is 3. The Morgan fingerprint density at radius 1 is 0.812 bits per heavy atom. The quantitative estimate of drug-likeness (QED) is 0.0391. The summed E-state index contributed by atoms with van der Waals surface area (Å²) in [5, 5.41) is 28.8. The number of aryl methyl sites for hydroxylation is 1. The lowest BCUT2D eigenvalue weighted by atomic mass is 10.1. The number of unbranched alkanes of at least 4 members (excludes halogenated alkanes) is 1. The average molecular weight is 891 g/mol. The van der Waals surface area contributed by atoms with Crippen LogP contribution in [-0.2, 0) is 17.8 Å². The standard InChI is InChI=1S/C47H46N12O3S2/c60-43(34-12-10-32(11-13-34)39-30-64-47(54-39)59-45(62)41(55-56-46-52-24-27-63-46)40(57-59)33-6-2-1-3-7-33)50-20-4-5-25-58-26-19-35-28-36(29-53-42(35)58)44(61)51-21-18-31-8-14-37(15-9-31)48-22-23-49-38-16-17-38/h1-3,6-15,19,24,26-30,38,48-49H,4-5,16-18,20-23,25H2,(H,50,60)(H,51,61)(H,52,56)/b55-41+. The van der Waals surface area contributed by atoms with E-state index in [0.29, 0.717) is 45.9 Å². The molecule has 1 fully saturated rings. The Balaban J connectivity index is 0.713. The Labute approximate surface area is 377 Å². The van der Waals surface area contributed by atoms with E-state index in [1.807, 2.05) is 71.6 Å². The third-order valence-electron chi connectivity index (χ3n) is 10.8.